The Kier molecular flexibility index (Phi) is 7.47. The maximum atomic E-state index is 12.6. The minimum absolute atomic E-state index is 0.0990. The van der Waals surface area contributed by atoms with E-state index in [9.17, 15) is 18.0 Å². The summed E-state index contributed by atoms with van der Waals surface area (Å²) < 4.78 is 37.4. The van der Waals surface area contributed by atoms with Gasteiger partial charge in [-0.3, -0.25) is 9.59 Å². The van der Waals surface area contributed by atoms with Crippen LogP contribution in [-0.4, -0.2) is 44.8 Å². The second-order valence-corrected chi connectivity index (χ2v) is 10.1. The van der Waals surface area contributed by atoms with Gasteiger partial charge in [0.1, 0.15) is 12.3 Å². The number of hydrogen-bond acceptors (Lipinski definition) is 7. The van der Waals surface area contributed by atoms with Crippen LogP contribution in [0.3, 0.4) is 0 Å². The molecule has 8 nitrogen and oxygen atoms in total. The number of benzene rings is 2. The second-order valence-electron chi connectivity index (χ2n) is 6.95. The van der Waals surface area contributed by atoms with Gasteiger partial charge in [0.25, 0.3) is 0 Å². The normalized spacial score (nSPS) is 12.2. The van der Waals surface area contributed by atoms with E-state index >= 15 is 0 Å². The quantitative estimate of drug-likeness (QED) is 0.463. The molecule has 0 N–H and O–H groups in total. The summed E-state index contributed by atoms with van der Waals surface area (Å²) in [4.78, 5) is 29.0. The van der Waals surface area contributed by atoms with Crippen LogP contribution < -0.4 is 9.54 Å². The third-order valence-corrected chi connectivity index (χ3v) is 7.67. The number of rotatable bonds is 8. The van der Waals surface area contributed by atoms with Gasteiger partial charge in [-0.15, -0.1) is 0 Å². The van der Waals surface area contributed by atoms with E-state index < -0.39 is 21.7 Å². The zero-order valence-corrected chi connectivity index (χ0v) is 19.7. The van der Waals surface area contributed by atoms with Crippen LogP contribution in [0.2, 0.25) is 0 Å². The van der Waals surface area contributed by atoms with Crippen molar-refractivity contribution in [1.82, 2.24) is 4.57 Å². The topological polar surface area (TPSA) is 104 Å². The van der Waals surface area contributed by atoms with Crippen molar-refractivity contribution in [3.8, 4) is 5.75 Å². The molecule has 0 saturated heterocycles. The predicted molar refractivity (Wildman–Crippen MR) is 121 cm³/mol. The van der Waals surface area contributed by atoms with E-state index in [1.54, 1.807) is 16.7 Å². The number of carbonyl (C=O) groups is 2. The second kappa shape index (κ2) is 10.1. The molecule has 0 aliphatic carbocycles. The summed E-state index contributed by atoms with van der Waals surface area (Å²) in [6.45, 7) is 1.94. The van der Waals surface area contributed by atoms with Gasteiger partial charge in [0.15, 0.2) is 14.6 Å². The molecule has 1 aromatic heterocycles. The first-order chi connectivity index (χ1) is 15.3. The van der Waals surface area contributed by atoms with Gasteiger partial charge in [-0.05, 0) is 48.4 Å². The maximum absolute atomic E-state index is 12.6. The van der Waals surface area contributed by atoms with Crippen molar-refractivity contribution in [2.24, 2.45) is 4.99 Å². The molecule has 0 unspecified atom stereocenters. The fraction of sp³-hybridized carbons (Fsp3) is 0.318. The fourth-order valence-electron chi connectivity index (χ4n) is 3.05. The Morgan fingerprint density at radius 1 is 1.09 bits per heavy atom. The standard InChI is InChI=1S/C22H24N2O6S2/c1-4-15-5-10-18-19(13-15)31-22(24(18)14-21(26)30-3)23-20(25)11-12-32(27,28)17-8-6-16(29-2)7-9-17/h5-10,13H,4,11-12,14H2,1-3H3. The molecule has 2 aromatic carbocycles. The number of carbonyl (C=O) groups excluding carboxylic acids is 2. The highest BCUT2D eigenvalue weighted by molar-refractivity contribution is 7.91. The average molecular weight is 477 g/mol. The molecule has 0 bridgehead atoms. The van der Waals surface area contributed by atoms with Gasteiger partial charge < -0.3 is 14.0 Å². The van der Waals surface area contributed by atoms with E-state index in [1.165, 1.54) is 37.7 Å². The van der Waals surface area contributed by atoms with Gasteiger partial charge >= 0.3 is 5.97 Å². The van der Waals surface area contributed by atoms with Crippen LogP contribution in [0.25, 0.3) is 10.2 Å². The molecular formula is C22H24N2O6S2. The summed E-state index contributed by atoms with van der Waals surface area (Å²) in [5.74, 6) is -0.881. The number of aryl methyl sites for hydroxylation is 1. The number of fused-ring (bicyclic) bond motifs is 1. The molecule has 0 fully saturated rings. The Bertz CT molecular complexity index is 1300. The van der Waals surface area contributed by atoms with Crippen LogP contribution in [-0.2, 0) is 37.1 Å². The monoisotopic (exact) mass is 476 g/mol. The molecule has 10 heteroatoms. The van der Waals surface area contributed by atoms with Gasteiger partial charge in [-0.2, -0.15) is 4.99 Å². The number of hydrogen-bond donors (Lipinski definition) is 0. The zero-order chi connectivity index (χ0) is 23.3. The number of aromatic nitrogens is 1. The Labute approximate surface area is 190 Å². The summed E-state index contributed by atoms with van der Waals surface area (Å²) in [5, 5.41) is 0. The molecule has 0 radical (unpaired) electrons. The highest BCUT2D eigenvalue weighted by Gasteiger charge is 2.17. The van der Waals surface area contributed by atoms with Gasteiger partial charge in [-0.1, -0.05) is 24.3 Å². The molecular weight excluding hydrogens is 452 g/mol. The summed E-state index contributed by atoms with van der Waals surface area (Å²) in [6.07, 6.45) is 0.570. The minimum atomic E-state index is -3.65. The zero-order valence-electron chi connectivity index (χ0n) is 18.0. The van der Waals surface area contributed by atoms with E-state index in [4.69, 9.17) is 9.47 Å². The molecule has 1 heterocycles. The lowest BCUT2D eigenvalue weighted by atomic mass is 10.2. The van der Waals surface area contributed by atoms with Crippen LogP contribution >= 0.6 is 11.3 Å². The average Bonchev–Trinajstić information content (AvgIpc) is 3.13. The Morgan fingerprint density at radius 2 is 1.81 bits per heavy atom. The smallest absolute Gasteiger partial charge is 0.325 e. The Balaban J connectivity index is 1.87. The lowest BCUT2D eigenvalue weighted by Crippen LogP contribution is -2.22. The summed E-state index contributed by atoms with van der Waals surface area (Å²) in [6, 6.07) is 11.8. The van der Waals surface area contributed by atoms with Crippen molar-refractivity contribution in [1.29, 1.82) is 0 Å². The van der Waals surface area contributed by atoms with Crippen molar-refractivity contribution in [2.45, 2.75) is 31.2 Å². The molecule has 0 aliphatic rings. The van der Waals surface area contributed by atoms with Crippen LogP contribution in [0, 0.1) is 0 Å². The van der Waals surface area contributed by atoms with E-state index in [2.05, 4.69) is 4.99 Å². The lowest BCUT2D eigenvalue weighted by Gasteiger charge is -2.05. The van der Waals surface area contributed by atoms with Crippen molar-refractivity contribution in [3.63, 3.8) is 0 Å². The van der Waals surface area contributed by atoms with E-state index in [0.29, 0.717) is 10.6 Å². The number of ether oxygens (including phenoxy) is 2. The number of sulfone groups is 1. The molecule has 3 rings (SSSR count). The minimum Gasteiger partial charge on any atom is -0.497 e. The summed E-state index contributed by atoms with van der Waals surface area (Å²) in [5.41, 5.74) is 1.88. The number of amides is 1. The number of esters is 1. The number of nitrogens with zero attached hydrogens (tertiary/aromatic N) is 2. The molecule has 3 aromatic rings. The van der Waals surface area contributed by atoms with Crippen molar-refractivity contribution < 1.29 is 27.5 Å². The number of thiazole rings is 1. The first-order valence-corrected chi connectivity index (χ1v) is 12.4. The third kappa shape index (κ3) is 5.43. The Morgan fingerprint density at radius 3 is 2.44 bits per heavy atom. The maximum Gasteiger partial charge on any atom is 0.325 e. The molecule has 32 heavy (non-hydrogen) atoms. The van der Waals surface area contributed by atoms with Gasteiger partial charge in [0.05, 0.1) is 35.1 Å². The fourth-order valence-corrected chi connectivity index (χ4v) is 5.39. The molecule has 0 atom stereocenters. The van der Waals surface area contributed by atoms with Crippen LogP contribution in [0.5, 0.6) is 5.75 Å². The molecule has 1 amide bonds. The van der Waals surface area contributed by atoms with Crippen LogP contribution in [0.4, 0.5) is 0 Å². The SMILES string of the molecule is CCc1ccc2c(c1)sc(=NC(=O)CCS(=O)(=O)c1ccc(OC)cc1)n2CC(=O)OC. The highest BCUT2D eigenvalue weighted by Crippen LogP contribution is 2.20. The molecule has 170 valence electrons. The van der Waals surface area contributed by atoms with Gasteiger partial charge in [0.2, 0.25) is 5.91 Å². The molecule has 0 aliphatic heterocycles. The van der Waals surface area contributed by atoms with E-state index in [-0.39, 0.29) is 23.6 Å². The molecule has 0 saturated carbocycles. The van der Waals surface area contributed by atoms with Crippen LogP contribution in [0.15, 0.2) is 52.4 Å². The van der Waals surface area contributed by atoms with Crippen molar-refractivity contribution >= 4 is 43.3 Å². The third-order valence-electron chi connectivity index (χ3n) is 4.89. The van der Waals surface area contributed by atoms with E-state index in [0.717, 1.165) is 22.2 Å². The Hall–Kier alpha value is -2.98. The number of methoxy groups -OCH3 is 2. The van der Waals surface area contributed by atoms with E-state index in [1.807, 2.05) is 25.1 Å². The van der Waals surface area contributed by atoms with Crippen LogP contribution in [0.1, 0.15) is 18.9 Å². The van der Waals surface area contributed by atoms with Crippen molar-refractivity contribution in [3.05, 3.63) is 52.8 Å². The van der Waals surface area contributed by atoms with Gasteiger partial charge in [0, 0.05) is 6.42 Å². The van der Waals surface area contributed by atoms with Crippen molar-refractivity contribution in [2.75, 3.05) is 20.0 Å². The lowest BCUT2D eigenvalue weighted by molar-refractivity contribution is -0.141. The first-order valence-electron chi connectivity index (χ1n) is 9.91. The highest BCUT2D eigenvalue weighted by atomic mass is 32.2. The first kappa shape index (κ1) is 23.7. The van der Waals surface area contributed by atoms with Gasteiger partial charge in [-0.25, -0.2) is 8.42 Å². The predicted octanol–water partition coefficient (Wildman–Crippen LogP) is 2.74. The molecule has 0 spiro atoms. The summed E-state index contributed by atoms with van der Waals surface area (Å²) in [7, 11) is -0.870. The summed E-state index contributed by atoms with van der Waals surface area (Å²) >= 11 is 1.27. The largest absolute Gasteiger partial charge is 0.497 e.